The van der Waals surface area contributed by atoms with Crippen LogP contribution in [0.25, 0.3) is 0 Å². The number of carbonyl (C=O) groups is 1. The number of nitrogens with one attached hydrogen (secondary N) is 1. The van der Waals surface area contributed by atoms with Gasteiger partial charge in [-0.25, -0.2) is 4.98 Å². The van der Waals surface area contributed by atoms with Crippen molar-refractivity contribution in [2.24, 2.45) is 0 Å². The van der Waals surface area contributed by atoms with E-state index in [9.17, 15) is 4.79 Å². The third-order valence-corrected chi connectivity index (χ3v) is 5.25. The Hall–Kier alpha value is -0.980. The van der Waals surface area contributed by atoms with E-state index in [1.807, 2.05) is 7.05 Å². The Morgan fingerprint density at radius 2 is 2.14 bits per heavy atom. The Labute approximate surface area is 131 Å². The van der Waals surface area contributed by atoms with E-state index >= 15 is 0 Å². The lowest BCUT2D eigenvalue weighted by molar-refractivity contribution is -0.127. The van der Waals surface area contributed by atoms with Gasteiger partial charge < -0.3 is 10.2 Å². The first-order chi connectivity index (χ1) is 9.92. The van der Waals surface area contributed by atoms with Gasteiger partial charge in [-0.2, -0.15) is 0 Å². The van der Waals surface area contributed by atoms with Crippen LogP contribution >= 0.6 is 11.3 Å². The van der Waals surface area contributed by atoms with Crippen molar-refractivity contribution >= 4 is 17.2 Å². The zero-order chi connectivity index (χ0) is 15.5. The standard InChI is InChI=1S/C15H26N4OS/c1-15(16-2)5-7-19(8-6-15)10-12-11-21-13(17-12)9-14(20)18(3)4/h11,16H,5-10H2,1-4H3. The summed E-state index contributed by atoms with van der Waals surface area (Å²) < 4.78 is 0. The van der Waals surface area contributed by atoms with Gasteiger partial charge in [0.2, 0.25) is 5.91 Å². The number of amides is 1. The first kappa shape index (κ1) is 16.4. The fourth-order valence-corrected chi connectivity index (χ4v) is 3.25. The van der Waals surface area contributed by atoms with Crippen LogP contribution in [0.3, 0.4) is 0 Å². The summed E-state index contributed by atoms with van der Waals surface area (Å²) in [6.45, 7) is 5.38. The van der Waals surface area contributed by atoms with Crippen molar-refractivity contribution < 1.29 is 4.79 Å². The lowest BCUT2D eigenvalue weighted by Crippen LogP contribution is -2.49. The predicted octanol–water partition coefficient (Wildman–Crippen LogP) is 1.35. The monoisotopic (exact) mass is 310 g/mol. The maximum atomic E-state index is 11.7. The number of aromatic nitrogens is 1. The molecule has 0 unspecified atom stereocenters. The number of hydrogen-bond acceptors (Lipinski definition) is 5. The minimum absolute atomic E-state index is 0.110. The molecule has 0 aliphatic carbocycles. The normalized spacial score (nSPS) is 18.7. The molecule has 2 rings (SSSR count). The molecule has 118 valence electrons. The Morgan fingerprint density at radius 3 is 2.71 bits per heavy atom. The average molecular weight is 310 g/mol. The number of carbonyl (C=O) groups excluding carboxylic acids is 1. The number of hydrogen-bond donors (Lipinski definition) is 1. The Morgan fingerprint density at radius 1 is 1.48 bits per heavy atom. The van der Waals surface area contributed by atoms with E-state index in [4.69, 9.17) is 0 Å². The summed E-state index contributed by atoms with van der Waals surface area (Å²) in [5.41, 5.74) is 1.37. The van der Waals surface area contributed by atoms with Gasteiger partial charge >= 0.3 is 0 Å². The molecule has 1 fully saturated rings. The molecule has 21 heavy (non-hydrogen) atoms. The van der Waals surface area contributed by atoms with Crippen LogP contribution in [0.15, 0.2) is 5.38 Å². The molecule has 1 aromatic rings. The molecule has 5 nitrogen and oxygen atoms in total. The molecule has 2 heterocycles. The highest BCUT2D eigenvalue weighted by Gasteiger charge is 2.28. The van der Waals surface area contributed by atoms with Crippen LogP contribution in [-0.4, -0.2) is 60.5 Å². The Kier molecular flexibility index (Phi) is 5.35. The van der Waals surface area contributed by atoms with Gasteiger partial charge in [-0.3, -0.25) is 9.69 Å². The SMILES string of the molecule is CNC1(C)CCN(Cc2csc(CC(=O)N(C)C)n2)CC1. The third kappa shape index (κ3) is 4.49. The predicted molar refractivity (Wildman–Crippen MR) is 86.5 cm³/mol. The number of likely N-dealkylation sites (N-methyl/N-ethyl adjacent to an activating group) is 1. The largest absolute Gasteiger partial charge is 0.348 e. The smallest absolute Gasteiger partial charge is 0.228 e. The van der Waals surface area contributed by atoms with Crippen molar-refractivity contribution in [3.8, 4) is 0 Å². The van der Waals surface area contributed by atoms with E-state index in [0.29, 0.717) is 6.42 Å². The summed E-state index contributed by atoms with van der Waals surface area (Å²) in [4.78, 5) is 20.4. The highest BCUT2D eigenvalue weighted by molar-refractivity contribution is 7.09. The molecule has 1 aromatic heterocycles. The average Bonchev–Trinajstić information content (AvgIpc) is 2.89. The molecule has 0 bridgehead atoms. The lowest BCUT2D eigenvalue weighted by atomic mass is 9.90. The highest BCUT2D eigenvalue weighted by Crippen LogP contribution is 2.22. The second kappa shape index (κ2) is 6.85. The van der Waals surface area contributed by atoms with E-state index in [-0.39, 0.29) is 11.4 Å². The van der Waals surface area contributed by atoms with Crippen LogP contribution in [0.4, 0.5) is 0 Å². The van der Waals surface area contributed by atoms with Gasteiger partial charge in [-0.15, -0.1) is 11.3 Å². The first-order valence-electron chi connectivity index (χ1n) is 7.46. The second-order valence-electron chi connectivity index (χ2n) is 6.28. The van der Waals surface area contributed by atoms with Crippen molar-refractivity contribution in [1.29, 1.82) is 0 Å². The lowest BCUT2D eigenvalue weighted by Gasteiger charge is -2.39. The quantitative estimate of drug-likeness (QED) is 0.892. The van der Waals surface area contributed by atoms with Crippen molar-refractivity contribution in [1.82, 2.24) is 20.1 Å². The van der Waals surface area contributed by atoms with E-state index in [1.165, 1.54) is 12.8 Å². The number of rotatable bonds is 5. The maximum absolute atomic E-state index is 11.7. The number of nitrogens with zero attached hydrogens (tertiary/aromatic N) is 3. The summed E-state index contributed by atoms with van der Waals surface area (Å²) in [6.07, 6.45) is 2.74. The molecule has 1 N–H and O–H groups in total. The van der Waals surface area contributed by atoms with Crippen molar-refractivity contribution in [3.63, 3.8) is 0 Å². The van der Waals surface area contributed by atoms with Gasteiger partial charge in [0.15, 0.2) is 0 Å². The van der Waals surface area contributed by atoms with Crippen molar-refractivity contribution in [2.75, 3.05) is 34.2 Å². The molecule has 0 saturated carbocycles. The molecule has 0 radical (unpaired) electrons. The molecule has 1 saturated heterocycles. The van der Waals surface area contributed by atoms with E-state index in [0.717, 1.165) is 30.3 Å². The molecule has 1 aliphatic heterocycles. The third-order valence-electron chi connectivity index (χ3n) is 4.35. The number of likely N-dealkylation sites (tertiary alicyclic amines) is 1. The molecule has 1 amide bonds. The number of piperidine rings is 1. The summed E-state index contributed by atoms with van der Waals surface area (Å²) in [5, 5.41) is 6.42. The first-order valence-corrected chi connectivity index (χ1v) is 8.34. The summed E-state index contributed by atoms with van der Waals surface area (Å²) in [7, 11) is 5.61. The molecule has 0 atom stereocenters. The molecular formula is C15H26N4OS. The maximum Gasteiger partial charge on any atom is 0.228 e. The molecule has 6 heteroatoms. The fourth-order valence-electron chi connectivity index (χ4n) is 2.47. The minimum Gasteiger partial charge on any atom is -0.348 e. The van der Waals surface area contributed by atoms with Crippen molar-refractivity contribution in [3.05, 3.63) is 16.1 Å². The zero-order valence-corrected chi connectivity index (χ0v) is 14.3. The zero-order valence-electron chi connectivity index (χ0n) is 13.5. The minimum atomic E-state index is 0.110. The molecular weight excluding hydrogens is 284 g/mol. The van der Waals surface area contributed by atoms with Gasteiger partial charge in [0.1, 0.15) is 5.01 Å². The fraction of sp³-hybridized carbons (Fsp3) is 0.733. The van der Waals surface area contributed by atoms with Crippen LogP contribution in [-0.2, 0) is 17.8 Å². The number of thiazole rings is 1. The van der Waals surface area contributed by atoms with Gasteiger partial charge in [-0.05, 0) is 26.8 Å². The summed E-state index contributed by atoms with van der Waals surface area (Å²) in [5.74, 6) is 0.110. The van der Waals surface area contributed by atoms with Gasteiger partial charge in [0, 0.05) is 44.6 Å². The summed E-state index contributed by atoms with van der Waals surface area (Å²) in [6, 6.07) is 0. The second-order valence-corrected chi connectivity index (χ2v) is 7.23. The highest BCUT2D eigenvalue weighted by atomic mass is 32.1. The van der Waals surface area contributed by atoms with Gasteiger partial charge in [-0.1, -0.05) is 0 Å². The topological polar surface area (TPSA) is 48.5 Å². The van der Waals surface area contributed by atoms with Crippen LogP contribution in [0.1, 0.15) is 30.5 Å². The summed E-state index contributed by atoms with van der Waals surface area (Å²) >= 11 is 1.59. The van der Waals surface area contributed by atoms with E-state index in [1.54, 1.807) is 30.3 Å². The van der Waals surface area contributed by atoms with Gasteiger partial charge in [0.25, 0.3) is 0 Å². The van der Waals surface area contributed by atoms with Crippen LogP contribution in [0.5, 0.6) is 0 Å². The van der Waals surface area contributed by atoms with Gasteiger partial charge in [0.05, 0.1) is 12.1 Å². The van der Waals surface area contributed by atoms with Crippen LogP contribution in [0.2, 0.25) is 0 Å². The van der Waals surface area contributed by atoms with Crippen LogP contribution in [0, 0.1) is 0 Å². The van der Waals surface area contributed by atoms with Crippen molar-refractivity contribution in [2.45, 2.75) is 38.3 Å². The van der Waals surface area contributed by atoms with Crippen LogP contribution < -0.4 is 5.32 Å². The Bertz CT molecular complexity index is 478. The molecule has 1 aliphatic rings. The van der Waals surface area contributed by atoms with E-state index < -0.39 is 0 Å². The molecule has 0 aromatic carbocycles. The van der Waals surface area contributed by atoms with E-state index in [2.05, 4.69) is 27.5 Å². The Balaban J connectivity index is 1.85. The molecule has 0 spiro atoms.